The van der Waals surface area contributed by atoms with Gasteiger partial charge in [-0.1, -0.05) is 35.4 Å². The quantitative estimate of drug-likeness (QED) is 0.751. The van der Waals surface area contributed by atoms with E-state index < -0.39 is 15.6 Å². The molecule has 2 aliphatic heterocycles. The summed E-state index contributed by atoms with van der Waals surface area (Å²) in [4.78, 5) is 13.5. The lowest BCUT2D eigenvalue weighted by atomic mass is 9.88. The van der Waals surface area contributed by atoms with Crippen LogP contribution in [0.25, 0.3) is 0 Å². The average molecular weight is 457 g/mol. The van der Waals surface area contributed by atoms with E-state index in [1.165, 1.54) is 4.31 Å². The van der Waals surface area contributed by atoms with Crippen molar-refractivity contribution in [2.24, 2.45) is 5.92 Å². The van der Waals surface area contributed by atoms with Gasteiger partial charge in [-0.25, -0.2) is 8.42 Å². The molecule has 0 bridgehead atoms. The normalized spacial score (nSPS) is 23.1. The second kappa shape index (κ2) is 8.52. The number of carbonyl (C=O) groups is 1. The van der Waals surface area contributed by atoms with E-state index in [4.69, 9.17) is 4.74 Å². The van der Waals surface area contributed by atoms with Gasteiger partial charge in [0, 0.05) is 25.1 Å². The third-order valence-corrected chi connectivity index (χ3v) is 8.23. The Labute approximate surface area is 191 Å². The number of hydrogen-bond acceptors (Lipinski definition) is 4. The molecule has 1 amide bonds. The van der Waals surface area contributed by atoms with Gasteiger partial charge in [0.2, 0.25) is 15.9 Å². The molecule has 2 aliphatic rings. The van der Waals surface area contributed by atoms with Gasteiger partial charge in [-0.2, -0.15) is 4.31 Å². The van der Waals surface area contributed by atoms with Crippen LogP contribution in [-0.4, -0.2) is 37.3 Å². The number of piperidine rings is 1. The maximum Gasteiger partial charge on any atom is 0.243 e. The minimum absolute atomic E-state index is 0.0936. The molecule has 2 atom stereocenters. The zero-order chi connectivity index (χ0) is 23.1. The van der Waals surface area contributed by atoms with Crippen molar-refractivity contribution in [1.29, 1.82) is 0 Å². The molecule has 1 fully saturated rings. The van der Waals surface area contributed by atoms with Crippen molar-refractivity contribution in [3.8, 4) is 5.75 Å². The van der Waals surface area contributed by atoms with Crippen LogP contribution in [0.3, 0.4) is 0 Å². The Morgan fingerprint density at radius 1 is 1.09 bits per heavy atom. The Bertz CT molecular complexity index is 1110. The van der Waals surface area contributed by atoms with Crippen LogP contribution in [0.4, 0.5) is 0 Å². The van der Waals surface area contributed by atoms with E-state index in [1.807, 2.05) is 39.8 Å². The molecule has 0 unspecified atom stereocenters. The Morgan fingerprint density at radius 3 is 2.50 bits per heavy atom. The molecule has 0 saturated carbocycles. The van der Waals surface area contributed by atoms with Crippen LogP contribution in [0.1, 0.15) is 55.8 Å². The topological polar surface area (TPSA) is 75.7 Å². The summed E-state index contributed by atoms with van der Waals surface area (Å²) < 4.78 is 33.8. The molecule has 0 aliphatic carbocycles. The number of amides is 1. The van der Waals surface area contributed by atoms with E-state index in [2.05, 4.69) is 11.4 Å². The van der Waals surface area contributed by atoms with Crippen molar-refractivity contribution < 1.29 is 17.9 Å². The summed E-state index contributed by atoms with van der Waals surface area (Å²) in [5.74, 6) is 0.330. The van der Waals surface area contributed by atoms with Crippen LogP contribution in [0.5, 0.6) is 5.75 Å². The molecular formula is C25H32N2O4S. The maximum atomic E-state index is 13.3. The number of aryl methyl sites for hydroxylation is 2. The number of carbonyl (C=O) groups excluding carboxylic acids is 1. The van der Waals surface area contributed by atoms with E-state index in [0.29, 0.717) is 25.8 Å². The van der Waals surface area contributed by atoms with Crippen LogP contribution in [-0.2, 0) is 14.8 Å². The highest BCUT2D eigenvalue weighted by Gasteiger charge is 2.38. The third kappa shape index (κ3) is 4.69. The monoisotopic (exact) mass is 456 g/mol. The number of ether oxygens (including phenoxy) is 1. The average Bonchev–Trinajstić information content (AvgIpc) is 2.74. The van der Waals surface area contributed by atoms with Gasteiger partial charge in [0.1, 0.15) is 11.4 Å². The highest BCUT2D eigenvalue weighted by molar-refractivity contribution is 7.89. The lowest BCUT2D eigenvalue weighted by Crippen LogP contribution is -2.48. The minimum Gasteiger partial charge on any atom is -0.487 e. The second-order valence-corrected chi connectivity index (χ2v) is 11.6. The van der Waals surface area contributed by atoms with E-state index in [0.717, 1.165) is 22.4 Å². The standard InChI is InChI=1S/C25H32N2O4S/c1-17-7-10-20(11-8-17)32(29,30)27-13-5-6-19(16-27)24(28)26-22-15-25(3,4)31-23-12-9-18(2)14-21(22)23/h7-12,14,19,22H,5-6,13,15-16H2,1-4H3,(H,26,28)/t19-,22+/m1/s1. The van der Waals surface area contributed by atoms with Crippen molar-refractivity contribution in [2.75, 3.05) is 13.1 Å². The number of fused-ring (bicyclic) bond motifs is 1. The van der Waals surface area contributed by atoms with Gasteiger partial charge in [0.15, 0.2) is 0 Å². The van der Waals surface area contributed by atoms with Crippen LogP contribution in [0.15, 0.2) is 47.4 Å². The Hall–Kier alpha value is -2.38. The molecule has 172 valence electrons. The van der Waals surface area contributed by atoms with Gasteiger partial charge >= 0.3 is 0 Å². The van der Waals surface area contributed by atoms with Gasteiger partial charge in [-0.3, -0.25) is 4.79 Å². The summed E-state index contributed by atoms with van der Waals surface area (Å²) >= 11 is 0. The van der Waals surface area contributed by atoms with E-state index in [1.54, 1.807) is 24.3 Å². The zero-order valence-corrected chi connectivity index (χ0v) is 20.0. The predicted molar refractivity (Wildman–Crippen MR) is 124 cm³/mol. The molecule has 1 saturated heterocycles. The molecular weight excluding hydrogens is 424 g/mol. The first-order valence-electron chi connectivity index (χ1n) is 11.2. The third-order valence-electron chi connectivity index (χ3n) is 6.35. The minimum atomic E-state index is -3.62. The number of nitrogens with one attached hydrogen (secondary N) is 1. The lowest BCUT2D eigenvalue weighted by Gasteiger charge is -2.39. The first-order chi connectivity index (χ1) is 15.0. The highest BCUT2D eigenvalue weighted by atomic mass is 32.2. The van der Waals surface area contributed by atoms with Crippen molar-refractivity contribution in [1.82, 2.24) is 9.62 Å². The smallest absolute Gasteiger partial charge is 0.243 e. The lowest BCUT2D eigenvalue weighted by molar-refractivity contribution is -0.127. The van der Waals surface area contributed by atoms with Crippen molar-refractivity contribution >= 4 is 15.9 Å². The maximum absolute atomic E-state index is 13.3. The SMILES string of the molecule is Cc1ccc(S(=O)(=O)N2CCC[C@@H](C(=O)N[C@H]3CC(C)(C)Oc4ccc(C)cc43)C2)cc1. The molecule has 7 heteroatoms. The summed E-state index contributed by atoms with van der Waals surface area (Å²) in [6.07, 6.45) is 2.00. The Kier molecular flexibility index (Phi) is 6.07. The van der Waals surface area contributed by atoms with Gasteiger partial charge in [-0.15, -0.1) is 0 Å². The van der Waals surface area contributed by atoms with E-state index >= 15 is 0 Å². The molecule has 2 aromatic rings. The largest absolute Gasteiger partial charge is 0.487 e. The number of rotatable bonds is 4. The fraction of sp³-hybridized carbons (Fsp3) is 0.480. The molecule has 2 heterocycles. The Morgan fingerprint density at radius 2 is 1.78 bits per heavy atom. The van der Waals surface area contributed by atoms with Crippen LogP contribution < -0.4 is 10.1 Å². The van der Waals surface area contributed by atoms with E-state index in [-0.39, 0.29) is 29.3 Å². The first kappa shape index (κ1) is 22.8. The van der Waals surface area contributed by atoms with Gasteiger partial charge in [0.05, 0.1) is 16.9 Å². The summed E-state index contributed by atoms with van der Waals surface area (Å²) in [6.45, 7) is 8.63. The zero-order valence-electron chi connectivity index (χ0n) is 19.2. The van der Waals surface area contributed by atoms with Crippen molar-refractivity contribution in [3.05, 3.63) is 59.2 Å². The number of benzene rings is 2. The molecule has 0 aromatic heterocycles. The molecule has 4 rings (SSSR count). The highest BCUT2D eigenvalue weighted by Crippen LogP contribution is 2.40. The van der Waals surface area contributed by atoms with E-state index in [9.17, 15) is 13.2 Å². The van der Waals surface area contributed by atoms with Gasteiger partial charge in [-0.05, 0) is 58.7 Å². The Balaban J connectivity index is 1.51. The van der Waals surface area contributed by atoms with Crippen molar-refractivity contribution in [2.45, 2.75) is 63.5 Å². The molecule has 0 spiro atoms. The summed E-state index contributed by atoms with van der Waals surface area (Å²) in [5.41, 5.74) is 2.71. The summed E-state index contributed by atoms with van der Waals surface area (Å²) in [7, 11) is -3.62. The van der Waals surface area contributed by atoms with Crippen LogP contribution in [0, 0.1) is 19.8 Å². The number of nitrogens with zero attached hydrogens (tertiary/aromatic N) is 1. The van der Waals surface area contributed by atoms with Gasteiger partial charge < -0.3 is 10.1 Å². The predicted octanol–water partition coefficient (Wildman–Crippen LogP) is 4.12. The van der Waals surface area contributed by atoms with Crippen LogP contribution >= 0.6 is 0 Å². The number of hydrogen-bond donors (Lipinski definition) is 1. The summed E-state index contributed by atoms with van der Waals surface area (Å²) in [5, 5.41) is 3.21. The second-order valence-electron chi connectivity index (χ2n) is 9.68. The van der Waals surface area contributed by atoms with Gasteiger partial charge in [0.25, 0.3) is 0 Å². The van der Waals surface area contributed by atoms with Crippen molar-refractivity contribution in [3.63, 3.8) is 0 Å². The summed E-state index contributed by atoms with van der Waals surface area (Å²) in [6, 6.07) is 12.7. The molecule has 0 radical (unpaired) electrons. The molecule has 6 nitrogen and oxygen atoms in total. The fourth-order valence-electron chi connectivity index (χ4n) is 4.63. The molecule has 1 N–H and O–H groups in total. The molecule has 32 heavy (non-hydrogen) atoms. The molecule has 2 aromatic carbocycles. The first-order valence-corrected chi connectivity index (χ1v) is 12.7. The van der Waals surface area contributed by atoms with Crippen LogP contribution in [0.2, 0.25) is 0 Å². The number of sulfonamides is 1. The fourth-order valence-corrected chi connectivity index (χ4v) is 6.15.